The van der Waals surface area contributed by atoms with Crippen LogP contribution in [0.15, 0.2) is 48.0 Å². The fourth-order valence-electron chi connectivity index (χ4n) is 1.92. The fraction of sp³-hybridized carbons (Fsp3) is 0.111. The lowest BCUT2D eigenvalue weighted by Crippen LogP contribution is -2.00. The highest BCUT2D eigenvalue weighted by Gasteiger charge is 2.10. The summed E-state index contributed by atoms with van der Waals surface area (Å²) in [5.41, 5.74) is 0.761. The molecule has 0 radical (unpaired) electrons. The summed E-state index contributed by atoms with van der Waals surface area (Å²) in [6, 6.07) is 12.3. The maximum atomic E-state index is 12.9. The first-order valence-corrected chi connectivity index (χ1v) is 6.94. The van der Waals surface area contributed by atoms with Crippen LogP contribution in [0.3, 0.4) is 0 Å². The molecule has 0 heterocycles. The summed E-state index contributed by atoms with van der Waals surface area (Å²) in [5.74, 6) is -0.788. The van der Waals surface area contributed by atoms with E-state index in [1.54, 1.807) is 36.4 Å². The molecule has 2 aromatic carbocycles. The van der Waals surface area contributed by atoms with Gasteiger partial charge in [-0.3, -0.25) is 0 Å². The summed E-state index contributed by atoms with van der Waals surface area (Å²) in [5, 5.41) is 17.9. The number of aliphatic carboxylic acids is 1. The lowest BCUT2D eigenvalue weighted by atomic mass is 10.1. The topological polar surface area (TPSA) is 79.5 Å². The molecule has 24 heavy (non-hydrogen) atoms. The minimum Gasteiger partial charge on any atom is -0.497 e. The van der Waals surface area contributed by atoms with Gasteiger partial charge in [0, 0.05) is 11.6 Å². The molecule has 0 saturated carbocycles. The molecule has 0 bridgehead atoms. The van der Waals surface area contributed by atoms with E-state index in [1.165, 1.54) is 25.3 Å². The van der Waals surface area contributed by atoms with Crippen LogP contribution >= 0.6 is 0 Å². The van der Waals surface area contributed by atoms with Crippen LogP contribution in [-0.4, -0.2) is 18.2 Å². The minimum atomic E-state index is -1.32. The third-order valence-electron chi connectivity index (χ3n) is 3.18. The van der Waals surface area contributed by atoms with E-state index in [0.717, 1.165) is 5.56 Å². The van der Waals surface area contributed by atoms with E-state index in [2.05, 4.69) is 0 Å². The smallest absolute Gasteiger partial charge is 0.346 e. The van der Waals surface area contributed by atoms with E-state index in [4.69, 9.17) is 19.8 Å². The standard InChI is InChI=1S/C18H14FNO4/c1-23-16-7-4-13(8-14(10-20)18(21)22)17(9-16)24-11-12-2-5-15(19)6-3-12/h2-9H,11H2,1H3,(H,21,22). The molecule has 0 atom stereocenters. The molecule has 2 aromatic rings. The van der Waals surface area contributed by atoms with E-state index < -0.39 is 11.5 Å². The molecular weight excluding hydrogens is 313 g/mol. The average molecular weight is 327 g/mol. The summed E-state index contributed by atoms with van der Waals surface area (Å²) in [7, 11) is 1.49. The maximum Gasteiger partial charge on any atom is 0.346 e. The van der Waals surface area contributed by atoms with Gasteiger partial charge in [0.05, 0.1) is 7.11 Å². The summed E-state index contributed by atoms with van der Waals surface area (Å²) in [4.78, 5) is 11.0. The highest BCUT2D eigenvalue weighted by Crippen LogP contribution is 2.27. The predicted molar refractivity (Wildman–Crippen MR) is 85.0 cm³/mol. The Kier molecular flexibility index (Phi) is 5.53. The molecule has 0 saturated heterocycles. The van der Waals surface area contributed by atoms with E-state index >= 15 is 0 Å². The van der Waals surface area contributed by atoms with Gasteiger partial charge in [0.1, 0.15) is 35.6 Å². The molecule has 0 amide bonds. The van der Waals surface area contributed by atoms with Gasteiger partial charge in [-0.15, -0.1) is 0 Å². The SMILES string of the molecule is COc1ccc(C=C(C#N)C(=O)O)c(OCc2ccc(F)cc2)c1. The van der Waals surface area contributed by atoms with Crippen molar-refractivity contribution in [1.29, 1.82) is 5.26 Å². The molecule has 0 aromatic heterocycles. The maximum absolute atomic E-state index is 12.9. The number of methoxy groups -OCH3 is 1. The number of hydrogen-bond acceptors (Lipinski definition) is 4. The molecule has 0 fully saturated rings. The Morgan fingerprint density at radius 1 is 1.29 bits per heavy atom. The predicted octanol–water partition coefficient (Wildman–Crippen LogP) is 3.40. The van der Waals surface area contributed by atoms with Crippen molar-refractivity contribution in [2.75, 3.05) is 7.11 Å². The second-order valence-corrected chi connectivity index (χ2v) is 4.79. The van der Waals surface area contributed by atoms with Crippen molar-refractivity contribution in [1.82, 2.24) is 0 Å². The number of carboxylic acids is 1. The molecule has 5 nitrogen and oxygen atoms in total. The Morgan fingerprint density at radius 2 is 2.00 bits per heavy atom. The van der Waals surface area contributed by atoms with Crippen molar-refractivity contribution in [2.45, 2.75) is 6.61 Å². The zero-order valence-electron chi connectivity index (χ0n) is 12.8. The number of nitrogens with zero attached hydrogens (tertiary/aromatic N) is 1. The van der Waals surface area contributed by atoms with Crippen LogP contribution < -0.4 is 9.47 Å². The second-order valence-electron chi connectivity index (χ2n) is 4.79. The van der Waals surface area contributed by atoms with Gasteiger partial charge in [-0.2, -0.15) is 5.26 Å². The molecule has 0 aliphatic carbocycles. The normalized spacial score (nSPS) is 10.8. The van der Waals surface area contributed by atoms with Crippen molar-refractivity contribution < 1.29 is 23.8 Å². The molecular formula is C18H14FNO4. The quantitative estimate of drug-likeness (QED) is 0.650. The molecule has 2 rings (SSSR count). The van der Waals surface area contributed by atoms with Crippen LogP contribution in [0.4, 0.5) is 4.39 Å². The number of carboxylic acid groups (broad SMARTS) is 1. The number of hydrogen-bond donors (Lipinski definition) is 1. The van der Waals surface area contributed by atoms with E-state index in [-0.39, 0.29) is 12.4 Å². The van der Waals surface area contributed by atoms with E-state index in [9.17, 15) is 9.18 Å². The molecule has 0 aliphatic rings. The summed E-state index contributed by atoms with van der Waals surface area (Å²) in [6.07, 6.45) is 1.22. The van der Waals surface area contributed by atoms with Gasteiger partial charge in [0.25, 0.3) is 0 Å². The highest BCUT2D eigenvalue weighted by atomic mass is 19.1. The van der Waals surface area contributed by atoms with Gasteiger partial charge in [-0.05, 0) is 35.9 Å². The number of rotatable bonds is 6. The number of halogens is 1. The lowest BCUT2D eigenvalue weighted by Gasteiger charge is -2.11. The van der Waals surface area contributed by atoms with Crippen molar-refractivity contribution in [3.8, 4) is 17.6 Å². The minimum absolute atomic E-state index is 0.156. The number of ether oxygens (including phenoxy) is 2. The van der Waals surface area contributed by atoms with E-state index in [0.29, 0.717) is 17.1 Å². The lowest BCUT2D eigenvalue weighted by molar-refractivity contribution is -0.132. The monoisotopic (exact) mass is 327 g/mol. The summed E-state index contributed by atoms with van der Waals surface area (Å²) >= 11 is 0. The Morgan fingerprint density at radius 3 is 2.58 bits per heavy atom. The molecule has 0 aliphatic heterocycles. The van der Waals surface area contributed by atoms with Crippen LogP contribution in [0.2, 0.25) is 0 Å². The first-order chi connectivity index (χ1) is 11.5. The summed E-state index contributed by atoms with van der Waals surface area (Å²) < 4.78 is 23.7. The van der Waals surface area contributed by atoms with Gasteiger partial charge in [-0.25, -0.2) is 9.18 Å². The van der Waals surface area contributed by atoms with Crippen LogP contribution in [0.5, 0.6) is 11.5 Å². The zero-order valence-corrected chi connectivity index (χ0v) is 12.8. The number of benzene rings is 2. The van der Waals surface area contributed by atoms with Crippen LogP contribution in [0, 0.1) is 17.1 Å². The van der Waals surface area contributed by atoms with Gasteiger partial charge in [-0.1, -0.05) is 12.1 Å². The van der Waals surface area contributed by atoms with Crippen molar-refractivity contribution in [3.63, 3.8) is 0 Å². The third-order valence-corrected chi connectivity index (χ3v) is 3.18. The first-order valence-electron chi connectivity index (χ1n) is 6.94. The number of carbonyl (C=O) groups is 1. The van der Waals surface area contributed by atoms with E-state index in [1.807, 2.05) is 0 Å². The Balaban J connectivity index is 2.30. The van der Waals surface area contributed by atoms with Crippen molar-refractivity contribution in [2.24, 2.45) is 0 Å². The highest BCUT2D eigenvalue weighted by molar-refractivity contribution is 5.96. The van der Waals surface area contributed by atoms with Crippen LogP contribution in [-0.2, 0) is 11.4 Å². The van der Waals surface area contributed by atoms with Gasteiger partial charge in [0.15, 0.2) is 0 Å². The van der Waals surface area contributed by atoms with Crippen molar-refractivity contribution in [3.05, 3.63) is 65.0 Å². The zero-order chi connectivity index (χ0) is 17.5. The van der Waals surface area contributed by atoms with Crippen LogP contribution in [0.1, 0.15) is 11.1 Å². The van der Waals surface area contributed by atoms with Gasteiger partial charge >= 0.3 is 5.97 Å². The molecule has 6 heteroatoms. The molecule has 122 valence electrons. The first kappa shape index (κ1) is 17.0. The average Bonchev–Trinajstić information content (AvgIpc) is 2.59. The molecule has 0 unspecified atom stereocenters. The fourth-order valence-corrected chi connectivity index (χ4v) is 1.92. The number of nitriles is 1. The second kappa shape index (κ2) is 7.79. The van der Waals surface area contributed by atoms with Crippen LogP contribution in [0.25, 0.3) is 6.08 Å². The Labute approximate surface area is 138 Å². The third kappa shape index (κ3) is 4.34. The Hall–Kier alpha value is -3.33. The Bertz CT molecular complexity index is 807. The largest absolute Gasteiger partial charge is 0.497 e. The van der Waals surface area contributed by atoms with Crippen molar-refractivity contribution >= 4 is 12.0 Å². The molecule has 1 N–H and O–H groups in total. The summed E-state index contributed by atoms with van der Waals surface area (Å²) in [6.45, 7) is 0.156. The van der Waals surface area contributed by atoms with Gasteiger partial charge in [0.2, 0.25) is 0 Å². The molecule has 0 spiro atoms. The van der Waals surface area contributed by atoms with Gasteiger partial charge < -0.3 is 14.6 Å².